The van der Waals surface area contributed by atoms with E-state index < -0.39 is 11.7 Å². The molecule has 8 heteroatoms. The van der Waals surface area contributed by atoms with Gasteiger partial charge in [-0.05, 0) is 17.5 Å². The maximum atomic E-state index is 12.9. The van der Waals surface area contributed by atoms with Gasteiger partial charge in [-0.1, -0.05) is 25.1 Å². The minimum Gasteiger partial charge on any atom is -0.336 e. The molecule has 146 valence electrons. The molecular weight excluding hydrogens is 357 g/mol. The molecule has 2 aromatic rings. The highest BCUT2D eigenvalue weighted by Crippen LogP contribution is 2.32. The van der Waals surface area contributed by atoms with Gasteiger partial charge in [0.05, 0.1) is 5.56 Å². The van der Waals surface area contributed by atoms with Crippen molar-refractivity contribution in [3.8, 4) is 0 Å². The molecule has 3 rings (SSSR count). The molecule has 1 N–H and O–H groups in total. The van der Waals surface area contributed by atoms with Crippen molar-refractivity contribution >= 4 is 5.91 Å². The number of benzene rings is 1. The molecule has 0 saturated carbocycles. The highest BCUT2D eigenvalue weighted by molar-refractivity contribution is 5.77. The Morgan fingerprint density at radius 1 is 1.41 bits per heavy atom. The number of halogens is 3. The first kappa shape index (κ1) is 19.4. The van der Waals surface area contributed by atoms with Crippen molar-refractivity contribution in [2.75, 3.05) is 19.6 Å². The van der Waals surface area contributed by atoms with E-state index in [1.165, 1.54) is 6.07 Å². The first-order valence-corrected chi connectivity index (χ1v) is 8.92. The number of hydrogen-bond acceptors (Lipinski definition) is 3. The molecular formula is C19H23F3N4O. The maximum absolute atomic E-state index is 12.9. The molecule has 0 bridgehead atoms. The van der Waals surface area contributed by atoms with E-state index in [4.69, 9.17) is 0 Å². The summed E-state index contributed by atoms with van der Waals surface area (Å²) in [7, 11) is 1.88. The Kier molecular flexibility index (Phi) is 5.55. The quantitative estimate of drug-likeness (QED) is 0.887. The highest BCUT2D eigenvalue weighted by atomic mass is 19.4. The molecule has 1 aromatic heterocycles. The predicted octanol–water partition coefficient (Wildman–Crippen LogP) is 3.11. The maximum Gasteiger partial charge on any atom is 0.416 e. The summed E-state index contributed by atoms with van der Waals surface area (Å²) < 4.78 is 40.7. The Morgan fingerprint density at radius 2 is 2.19 bits per heavy atom. The number of hydrogen-bond donors (Lipinski definition) is 1. The lowest BCUT2D eigenvalue weighted by Gasteiger charge is -2.36. The second-order valence-electron chi connectivity index (χ2n) is 6.93. The minimum atomic E-state index is -4.39. The molecule has 1 aliphatic rings. The van der Waals surface area contributed by atoms with Gasteiger partial charge in [-0.2, -0.15) is 13.2 Å². The standard InChI is InChI=1S/C19H23F3N4O/c1-13(14-4-3-5-15(11-14)19(20,21)22)10-17(27)26-9-6-23-12-16(26)18-24-7-8-25(18)2/h3-5,7-8,11,13,16,23H,6,9-10,12H2,1-2H3. The topological polar surface area (TPSA) is 50.2 Å². The van der Waals surface area contributed by atoms with Crippen molar-refractivity contribution < 1.29 is 18.0 Å². The summed E-state index contributed by atoms with van der Waals surface area (Å²) in [4.78, 5) is 19.1. The zero-order chi connectivity index (χ0) is 19.6. The second kappa shape index (κ2) is 7.72. The Bertz CT molecular complexity index is 802. The Morgan fingerprint density at radius 3 is 2.85 bits per heavy atom. The van der Waals surface area contributed by atoms with E-state index in [0.29, 0.717) is 25.2 Å². The number of nitrogens with one attached hydrogen (secondary N) is 1. The van der Waals surface area contributed by atoms with E-state index in [1.54, 1.807) is 24.1 Å². The van der Waals surface area contributed by atoms with Gasteiger partial charge in [-0.15, -0.1) is 0 Å². The lowest BCUT2D eigenvalue weighted by atomic mass is 9.95. The van der Waals surface area contributed by atoms with Gasteiger partial charge in [0.1, 0.15) is 11.9 Å². The van der Waals surface area contributed by atoms with Gasteiger partial charge < -0.3 is 14.8 Å². The Balaban J connectivity index is 1.74. The van der Waals surface area contributed by atoms with Crippen molar-refractivity contribution in [2.45, 2.75) is 31.5 Å². The van der Waals surface area contributed by atoms with Crippen molar-refractivity contribution in [1.29, 1.82) is 0 Å². The summed E-state index contributed by atoms with van der Waals surface area (Å²) in [6.07, 6.45) is -0.709. The van der Waals surface area contributed by atoms with Gasteiger partial charge in [-0.25, -0.2) is 4.98 Å². The normalized spacial score (nSPS) is 19.1. The van der Waals surface area contributed by atoms with Crippen LogP contribution in [0, 0.1) is 0 Å². The fraction of sp³-hybridized carbons (Fsp3) is 0.474. The first-order valence-electron chi connectivity index (χ1n) is 8.92. The molecule has 27 heavy (non-hydrogen) atoms. The summed E-state index contributed by atoms with van der Waals surface area (Å²) >= 11 is 0. The van der Waals surface area contributed by atoms with Crippen LogP contribution in [0.15, 0.2) is 36.7 Å². The molecule has 1 aliphatic heterocycles. The Labute approximate surface area is 156 Å². The predicted molar refractivity (Wildman–Crippen MR) is 95.0 cm³/mol. The SMILES string of the molecule is CC(CC(=O)N1CCNCC1c1nccn1C)c1cccc(C(F)(F)F)c1. The first-order chi connectivity index (χ1) is 12.8. The van der Waals surface area contributed by atoms with Crippen LogP contribution in [0.3, 0.4) is 0 Å². The summed E-state index contributed by atoms with van der Waals surface area (Å²) in [5.74, 6) is 0.411. The third-order valence-electron chi connectivity index (χ3n) is 4.98. The van der Waals surface area contributed by atoms with Crippen molar-refractivity contribution in [3.05, 3.63) is 53.6 Å². The molecule has 0 aliphatic carbocycles. The van der Waals surface area contributed by atoms with Gasteiger partial charge in [-0.3, -0.25) is 4.79 Å². The van der Waals surface area contributed by atoms with E-state index in [0.717, 1.165) is 18.0 Å². The monoisotopic (exact) mass is 380 g/mol. The highest BCUT2D eigenvalue weighted by Gasteiger charge is 2.33. The van der Waals surface area contributed by atoms with Crippen LogP contribution in [-0.2, 0) is 18.0 Å². The van der Waals surface area contributed by atoms with Crippen LogP contribution in [0.1, 0.15) is 42.3 Å². The van der Waals surface area contributed by atoms with Gasteiger partial charge >= 0.3 is 6.18 Å². The molecule has 2 heterocycles. The van der Waals surface area contributed by atoms with Gasteiger partial charge in [0, 0.05) is 45.5 Å². The number of imidazole rings is 1. The van der Waals surface area contributed by atoms with E-state index in [-0.39, 0.29) is 24.3 Å². The minimum absolute atomic E-state index is 0.0746. The van der Waals surface area contributed by atoms with E-state index in [9.17, 15) is 18.0 Å². The number of carbonyl (C=O) groups excluding carboxylic acids is 1. The molecule has 1 fully saturated rings. The fourth-order valence-electron chi connectivity index (χ4n) is 3.45. The molecule has 0 spiro atoms. The molecule has 2 atom stereocenters. The summed E-state index contributed by atoms with van der Waals surface area (Å²) in [6.45, 7) is 3.62. The number of carbonyl (C=O) groups is 1. The van der Waals surface area contributed by atoms with Crippen LogP contribution in [-0.4, -0.2) is 40.0 Å². The lowest BCUT2D eigenvalue weighted by Crippen LogP contribution is -2.49. The zero-order valence-electron chi connectivity index (χ0n) is 15.3. The summed E-state index contributed by atoms with van der Waals surface area (Å²) in [5.41, 5.74) is -0.172. The van der Waals surface area contributed by atoms with E-state index in [2.05, 4.69) is 10.3 Å². The third kappa shape index (κ3) is 4.32. The van der Waals surface area contributed by atoms with Crippen LogP contribution in [0.2, 0.25) is 0 Å². The molecule has 1 amide bonds. The van der Waals surface area contributed by atoms with Crippen molar-refractivity contribution in [2.24, 2.45) is 7.05 Å². The van der Waals surface area contributed by atoms with Crippen LogP contribution in [0.5, 0.6) is 0 Å². The van der Waals surface area contributed by atoms with Crippen molar-refractivity contribution in [3.63, 3.8) is 0 Å². The number of aryl methyl sites for hydroxylation is 1. The summed E-state index contributed by atoms with van der Waals surface area (Å²) in [5, 5.41) is 3.27. The fourth-order valence-corrected chi connectivity index (χ4v) is 3.45. The number of alkyl halides is 3. The van der Waals surface area contributed by atoms with Crippen molar-refractivity contribution in [1.82, 2.24) is 19.8 Å². The van der Waals surface area contributed by atoms with Crippen LogP contribution in [0.4, 0.5) is 13.2 Å². The molecule has 0 radical (unpaired) electrons. The smallest absolute Gasteiger partial charge is 0.336 e. The molecule has 1 saturated heterocycles. The molecule has 5 nitrogen and oxygen atoms in total. The number of rotatable bonds is 4. The van der Waals surface area contributed by atoms with Gasteiger partial charge in [0.2, 0.25) is 5.91 Å². The van der Waals surface area contributed by atoms with Crippen LogP contribution >= 0.6 is 0 Å². The second-order valence-corrected chi connectivity index (χ2v) is 6.93. The van der Waals surface area contributed by atoms with E-state index in [1.807, 2.05) is 17.8 Å². The largest absolute Gasteiger partial charge is 0.416 e. The number of aromatic nitrogens is 2. The van der Waals surface area contributed by atoms with Gasteiger partial charge in [0.25, 0.3) is 0 Å². The average Bonchev–Trinajstić information content (AvgIpc) is 3.07. The summed E-state index contributed by atoms with van der Waals surface area (Å²) in [6, 6.07) is 5.03. The molecule has 2 unspecified atom stereocenters. The Hall–Kier alpha value is -2.35. The van der Waals surface area contributed by atoms with Crippen LogP contribution in [0.25, 0.3) is 0 Å². The average molecular weight is 380 g/mol. The van der Waals surface area contributed by atoms with Gasteiger partial charge in [0.15, 0.2) is 0 Å². The number of amides is 1. The third-order valence-corrected chi connectivity index (χ3v) is 4.98. The molecule has 1 aromatic carbocycles. The number of nitrogens with zero attached hydrogens (tertiary/aromatic N) is 3. The number of piperazine rings is 1. The van der Waals surface area contributed by atoms with Crippen LogP contribution < -0.4 is 5.32 Å². The zero-order valence-corrected chi connectivity index (χ0v) is 15.3. The lowest BCUT2D eigenvalue weighted by molar-refractivity contribution is -0.137. The van der Waals surface area contributed by atoms with E-state index >= 15 is 0 Å².